The number of phosphoric ester groups is 1. The summed E-state index contributed by atoms with van der Waals surface area (Å²) in [5, 5.41) is 1.79. The van der Waals surface area contributed by atoms with Crippen molar-refractivity contribution in [1.29, 1.82) is 0 Å². The van der Waals surface area contributed by atoms with Crippen LogP contribution in [0.2, 0.25) is 0 Å². The van der Waals surface area contributed by atoms with Crippen molar-refractivity contribution in [2.24, 2.45) is 0 Å². The van der Waals surface area contributed by atoms with E-state index in [2.05, 4.69) is 4.37 Å². The molecule has 32 heavy (non-hydrogen) atoms. The molecule has 0 atom stereocenters. The Morgan fingerprint density at radius 2 is 1.22 bits per heavy atom. The van der Waals surface area contributed by atoms with Crippen LogP contribution in [-0.4, -0.2) is 49.7 Å². The summed E-state index contributed by atoms with van der Waals surface area (Å²) in [6.45, 7) is 0. The van der Waals surface area contributed by atoms with Gasteiger partial charge in [0.15, 0.2) is 23.0 Å². The predicted octanol–water partition coefficient (Wildman–Crippen LogP) is 3.99. The number of methoxy groups -OCH3 is 5. The van der Waals surface area contributed by atoms with Crippen molar-refractivity contribution in [3.8, 4) is 56.9 Å². The van der Waals surface area contributed by atoms with Crippen LogP contribution in [0.15, 0.2) is 29.6 Å². The normalized spacial score (nSPS) is 11.1. The zero-order chi connectivity index (χ0) is 23.5. The van der Waals surface area contributed by atoms with Crippen molar-refractivity contribution in [3.63, 3.8) is 0 Å². The molecule has 0 saturated carbocycles. The number of aromatic nitrogens is 1. The highest BCUT2D eigenvalue weighted by Crippen LogP contribution is 2.49. The molecule has 0 fully saturated rings. The number of nitrogens with zero attached hydrogens (tertiary/aromatic N) is 1. The van der Waals surface area contributed by atoms with Crippen LogP contribution in [0.4, 0.5) is 0 Å². The van der Waals surface area contributed by atoms with Gasteiger partial charge in [-0.3, -0.25) is 9.79 Å². The van der Waals surface area contributed by atoms with E-state index in [1.165, 1.54) is 53.1 Å². The highest BCUT2D eigenvalue weighted by molar-refractivity contribution is 7.46. The maximum Gasteiger partial charge on any atom is 0.524 e. The van der Waals surface area contributed by atoms with E-state index >= 15 is 0 Å². The van der Waals surface area contributed by atoms with Crippen LogP contribution in [0.1, 0.15) is 0 Å². The fraction of sp³-hybridized carbons (Fsp3) is 0.250. The van der Waals surface area contributed by atoms with Crippen molar-refractivity contribution in [3.05, 3.63) is 29.6 Å². The van der Waals surface area contributed by atoms with E-state index in [9.17, 15) is 14.4 Å². The maximum atomic E-state index is 11.5. The molecule has 2 aromatic carbocycles. The smallest absolute Gasteiger partial charge is 0.493 e. The highest BCUT2D eigenvalue weighted by atomic mass is 32.1. The molecule has 1 aromatic heterocycles. The molecule has 0 spiro atoms. The molecule has 0 saturated heterocycles. The Bertz CT molecular complexity index is 1130. The molecule has 0 aliphatic heterocycles. The van der Waals surface area contributed by atoms with Gasteiger partial charge in [-0.15, -0.1) is 0 Å². The fourth-order valence-electron chi connectivity index (χ4n) is 3.15. The van der Waals surface area contributed by atoms with Gasteiger partial charge in [0.1, 0.15) is 0 Å². The van der Waals surface area contributed by atoms with Gasteiger partial charge in [0.25, 0.3) is 0 Å². The van der Waals surface area contributed by atoms with Crippen molar-refractivity contribution < 1.29 is 42.6 Å². The second-order valence-corrected chi connectivity index (χ2v) is 8.08. The van der Waals surface area contributed by atoms with Gasteiger partial charge in [-0.2, -0.15) is 4.37 Å². The molecule has 0 aliphatic carbocycles. The average molecular weight is 483 g/mol. The van der Waals surface area contributed by atoms with E-state index in [0.717, 1.165) is 0 Å². The Hall–Kier alpha value is -2.98. The molecule has 10 nitrogen and oxygen atoms in total. The minimum absolute atomic E-state index is 0.0529. The minimum atomic E-state index is -4.85. The van der Waals surface area contributed by atoms with Gasteiger partial charge < -0.3 is 28.2 Å². The third-order valence-electron chi connectivity index (χ3n) is 4.48. The minimum Gasteiger partial charge on any atom is -0.493 e. The summed E-state index contributed by atoms with van der Waals surface area (Å²) in [7, 11) is 2.45. The van der Waals surface area contributed by atoms with Gasteiger partial charge in [-0.25, -0.2) is 4.57 Å². The molecule has 0 amide bonds. The van der Waals surface area contributed by atoms with E-state index in [1.54, 1.807) is 23.6 Å². The Kier molecular flexibility index (Phi) is 7.15. The van der Waals surface area contributed by atoms with Crippen molar-refractivity contribution in [2.45, 2.75) is 0 Å². The second-order valence-electron chi connectivity index (χ2n) is 6.28. The van der Waals surface area contributed by atoms with Crippen molar-refractivity contribution in [1.82, 2.24) is 4.37 Å². The quantitative estimate of drug-likeness (QED) is 0.432. The van der Waals surface area contributed by atoms with Crippen molar-refractivity contribution >= 4 is 19.4 Å². The lowest BCUT2D eigenvalue weighted by Gasteiger charge is -2.16. The molecule has 2 N–H and O–H groups in total. The molecule has 0 unspecified atom stereocenters. The van der Waals surface area contributed by atoms with Gasteiger partial charge >= 0.3 is 7.82 Å². The zero-order valence-corrected chi connectivity index (χ0v) is 19.7. The Morgan fingerprint density at radius 3 is 1.69 bits per heavy atom. The van der Waals surface area contributed by atoms with Gasteiger partial charge in [0, 0.05) is 16.5 Å². The number of phosphoric acid groups is 1. The lowest BCUT2D eigenvalue weighted by Crippen LogP contribution is -1.98. The van der Waals surface area contributed by atoms with Gasteiger partial charge in [0.05, 0.1) is 41.2 Å². The SMILES string of the molecule is COc1cc(-c2nscc2-c2cc(OC)c(OC)c(OP(=O)(O)O)c2)cc(OC)c1OC. The van der Waals surface area contributed by atoms with Gasteiger partial charge in [0.2, 0.25) is 11.5 Å². The topological polar surface area (TPSA) is 126 Å². The molecule has 0 bridgehead atoms. The molecule has 0 aliphatic rings. The van der Waals surface area contributed by atoms with E-state index in [4.69, 9.17) is 28.2 Å². The second kappa shape index (κ2) is 9.66. The summed E-state index contributed by atoms with van der Waals surface area (Å²) in [5.41, 5.74) is 2.48. The summed E-state index contributed by atoms with van der Waals surface area (Å²) in [5.74, 6) is 1.47. The first-order valence-electron chi connectivity index (χ1n) is 9.02. The van der Waals surface area contributed by atoms with E-state index in [-0.39, 0.29) is 17.2 Å². The standard InChI is InChI=1S/C20H22NO9PS/c1-25-14-6-11(7-17(20(14)29-5)30-31(22,23)24)13-10-32-21-18(13)12-8-15(26-2)19(28-4)16(9-12)27-3/h6-10H,1-5H3,(H2,22,23,24). The first kappa shape index (κ1) is 23.7. The molecule has 1 heterocycles. The number of hydrogen-bond acceptors (Lipinski definition) is 9. The summed E-state index contributed by atoms with van der Waals surface area (Å²) >= 11 is 1.21. The van der Waals surface area contributed by atoms with E-state index < -0.39 is 7.82 Å². The molecule has 12 heteroatoms. The van der Waals surface area contributed by atoms with Crippen LogP contribution < -0.4 is 28.2 Å². The Morgan fingerprint density at radius 1 is 0.750 bits per heavy atom. The Labute approximate surface area is 188 Å². The third-order valence-corrected chi connectivity index (χ3v) is 5.54. The molecule has 3 aromatic rings. The van der Waals surface area contributed by atoms with Crippen LogP contribution in [-0.2, 0) is 4.57 Å². The summed E-state index contributed by atoms with van der Waals surface area (Å²) in [4.78, 5) is 18.6. The molecule has 0 radical (unpaired) electrons. The fourth-order valence-corrected chi connectivity index (χ4v) is 4.26. The highest BCUT2D eigenvalue weighted by Gasteiger charge is 2.25. The van der Waals surface area contributed by atoms with Crippen LogP contribution in [0, 0.1) is 0 Å². The van der Waals surface area contributed by atoms with E-state index in [0.29, 0.717) is 39.6 Å². The lowest BCUT2D eigenvalue weighted by molar-refractivity contribution is 0.273. The molecule has 172 valence electrons. The number of benzene rings is 2. The summed E-state index contributed by atoms with van der Waals surface area (Å²) in [6, 6.07) is 6.63. The lowest BCUT2D eigenvalue weighted by atomic mass is 10.0. The van der Waals surface area contributed by atoms with Crippen molar-refractivity contribution in [2.75, 3.05) is 35.5 Å². The van der Waals surface area contributed by atoms with Crippen LogP contribution in [0.5, 0.6) is 34.5 Å². The summed E-state index contributed by atoms with van der Waals surface area (Å²) in [6.07, 6.45) is 0. The van der Waals surface area contributed by atoms with Crippen LogP contribution >= 0.6 is 19.4 Å². The predicted molar refractivity (Wildman–Crippen MR) is 118 cm³/mol. The monoisotopic (exact) mass is 483 g/mol. The zero-order valence-electron chi connectivity index (χ0n) is 17.9. The Balaban J connectivity index is 2.20. The first-order valence-corrected chi connectivity index (χ1v) is 11.4. The molecular weight excluding hydrogens is 461 g/mol. The summed E-state index contributed by atoms with van der Waals surface area (Å²) < 4.78 is 47.6. The number of ether oxygens (including phenoxy) is 5. The maximum absolute atomic E-state index is 11.5. The van der Waals surface area contributed by atoms with Crippen LogP contribution in [0.3, 0.4) is 0 Å². The van der Waals surface area contributed by atoms with Crippen LogP contribution in [0.25, 0.3) is 22.4 Å². The first-order chi connectivity index (χ1) is 15.3. The van der Waals surface area contributed by atoms with E-state index in [1.807, 2.05) is 0 Å². The average Bonchev–Trinajstić information content (AvgIpc) is 3.26. The third kappa shape index (κ3) is 4.76. The number of hydrogen-bond donors (Lipinski definition) is 2. The number of rotatable bonds is 9. The van der Waals surface area contributed by atoms with Gasteiger partial charge in [-0.05, 0) is 41.4 Å². The molecule has 3 rings (SSSR count). The van der Waals surface area contributed by atoms with Gasteiger partial charge in [-0.1, -0.05) is 0 Å². The molecular formula is C20H22NO9PS. The largest absolute Gasteiger partial charge is 0.524 e.